The van der Waals surface area contributed by atoms with E-state index >= 15 is 0 Å². The minimum Gasteiger partial charge on any atom is -0.493 e. The lowest BCUT2D eigenvalue weighted by atomic mass is 10.1. The molecule has 1 aliphatic heterocycles. The number of benzene rings is 1. The van der Waals surface area contributed by atoms with E-state index in [1.165, 1.54) is 0 Å². The van der Waals surface area contributed by atoms with Crippen molar-refractivity contribution in [1.29, 1.82) is 0 Å². The minimum absolute atomic E-state index is 0.734. The van der Waals surface area contributed by atoms with Crippen molar-refractivity contribution in [3.05, 3.63) is 23.8 Å². The Hall–Kier alpha value is -1.75. The molecule has 0 unspecified atom stereocenters. The molecule has 1 heterocycles. The van der Waals surface area contributed by atoms with Gasteiger partial charge in [0.1, 0.15) is 0 Å². The third-order valence-corrected chi connectivity index (χ3v) is 3.57. The normalized spacial score (nSPS) is 17.2. The molecule has 5 heteroatoms. The van der Waals surface area contributed by atoms with Crippen LogP contribution in [-0.4, -0.2) is 63.1 Å². The second-order valence-electron chi connectivity index (χ2n) is 5.01. The van der Waals surface area contributed by atoms with Gasteiger partial charge in [-0.05, 0) is 32.2 Å². The van der Waals surface area contributed by atoms with Crippen LogP contribution in [-0.2, 0) is 0 Å². The van der Waals surface area contributed by atoms with E-state index in [9.17, 15) is 0 Å². The summed E-state index contributed by atoms with van der Waals surface area (Å²) in [5, 5.41) is 6.83. The quantitative estimate of drug-likeness (QED) is 0.785. The van der Waals surface area contributed by atoms with E-state index in [1.807, 2.05) is 25.1 Å². The van der Waals surface area contributed by atoms with Crippen LogP contribution in [0.2, 0.25) is 0 Å². The summed E-state index contributed by atoms with van der Waals surface area (Å²) in [6.45, 7) is 6.09. The van der Waals surface area contributed by atoms with E-state index in [-0.39, 0.29) is 0 Å². The van der Waals surface area contributed by atoms with Gasteiger partial charge in [-0.3, -0.25) is 5.01 Å². The molecule has 110 valence electrons. The van der Waals surface area contributed by atoms with Crippen molar-refractivity contribution in [2.24, 2.45) is 5.10 Å². The highest BCUT2D eigenvalue weighted by molar-refractivity contribution is 5.99. The molecule has 0 aliphatic carbocycles. The SMILES string of the molecule is COc1ccc(/C(C)=N/N2CCN(C)CC2)cc1OC. The zero-order valence-electron chi connectivity index (χ0n) is 12.7. The van der Waals surface area contributed by atoms with Crippen LogP contribution in [0.3, 0.4) is 0 Å². The van der Waals surface area contributed by atoms with Crippen LogP contribution >= 0.6 is 0 Å². The molecule has 2 rings (SSSR count). The molecule has 1 aliphatic rings. The zero-order valence-corrected chi connectivity index (χ0v) is 12.7. The van der Waals surface area contributed by atoms with E-state index in [4.69, 9.17) is 14.6 Å². The molecule has 1 saturated heterocycles. The van der Waals surface area contributed by atoms with Crippen molar-refractivity contribution in [3.63, 3.8) is 0 Å². The van der Waals surface area contributed by atoms with Gasteiger partial charge >= 0.3 is 0 Å². The van der Waals surface area contributed by atoms with Gasteiger partial charge in [0.15, 0.2) is 11.5 Å². The Balaban J connectivity index is 2.14. The maximum atomic E-state index is 5.33. The Labute approximate surface area is 120 Å². The highest BCUT2D eigenvalue weighted by Gasteiger charge is 2.13. The number of hydrogen-bond donors (Lipinski definition) is 0. The third kappa shape index (κ3) is 3.42. The maximum absolute atomic E-state index is 5.33. The number of ether oxygens (including phenoxy) is 2. The first-order valence-corrected chi connectivity index (χ1v) is 6.85. The van der Waals surface area contributed by atoms with Gasteiger partial charge in [-0.15, -0.1) is 0 Å². The van der Waals surface area contributed by atoms with Crippen LogP contribution in [0.25, 0.3) is 0 Å². The van der Waals surface area contributed by atoms with Crippen LogP contribution in [0.15, 0.2) is 23.3 Å². The van der Waals surface area contributed by atoms with E-state index in [0.29, 0.717) is 0 Å². The lowest BCUT2D eigenvalue weighted by Crippen LogP contribution is -2.42. The summed E-state index contributed by atoms with van der Waals surface area (Å²) < 4.78 is 10.6. The topological polar surface area (TPSA) is 37.3 Å². The highest BCUT2D eigenvalue weighted by Crippen LogP contribution is 2.27. The maximum Gasteiger partial charge on any atom is 0.161 e. The molecular weight excluding hydrogens is 254 g/mol. The Morgan fingerprint density at radius 3 is 2.30 bits per heavy atom. The molecular formula is C15H23N3O2. The van der Waals surface area contributed by atoms with Crippen molar-refractivity contribution in [2.45, 2.75) is 6.92 Å². The highest BCUT2D eigenvalue weighted by atomic mass is 16.5. The van der Waals surface area contributed by atoms with Crippen molar-refractivity contribution in [2.75, 3.05) is 47.4 Å². The lowest BCUT2D eigenvalue weighted by Gasteiger charge is -2.30. The van der Waals surface area contributed by atoms with Crippen LogP contribution in [0.5, 0.6) is 11.5 Å². The number of methoxy groups -OCH3 is 2. The Kier molecular flexibility index (Phi) is 4.84. The lowest BCUT2D eigenvalue weighted by molar-refractivity contribution is 0.159. The van der Waals surface area contributed by atoms with Gasteiger partial charge in [0.2, 0.25) is 0 Å². The van der Waals surface area contributed by atoms with Crippen LogP contribution in [0.4, 0.5) is 0 Å². The molecule has 0 aromatic heterocycles. The van der Waals surface area contributed by atoms with Gasteiger partial charge in [0, 0.05) is 31.7 Å². The van der Waals surface area contributed by atoms with Gasteiger partial charge in [-0.25, -0.2) is 0 Å². The van der Waals surface area contributed by atoms with Gasteiger partial charge in [-0.1, -0.05) is 0 Å². The van der Waals surface area contributed by atoms with Crippen molar-refractivity contribution >= 4 is 5.71 Å². The Morgan fingerprint density at radius 2 is 1.70 bits per heavy atom. The first-order valence-electron chi connectivity index (χ1n) is 6.85. The van der Waals surface area contributed by atoms with Crippen molar-refractivity contribution in [3.8, 4) is 11.5 Å². The molecule has 0 radical (unpaired) electrons. The fourth-order valence-corrected chi connectivity index (χ4v) is 2.23. The minimum atomic E-state index is 0.734. The molecule has 0 N–H and O–H groups in total. The number of piperazine rings is 1. The summed E-state index contributed by atoms with van der Waals surface area (Å²) in [5.41, 5.74) is 2.05. The predicted octanol–water partition coefficient (Wildman–Crippen LogP) is 1.68. The molecule has 1 aromatic rings. The Bertz CT molecular complexity index is 480. The average molecular weight is 277 g/mol. The first kappa shape index (κ1) is 14.7. The average Bonchev–Trinajstić information content (AvgIpc) is 2.48. The third-order valence-electron chi connectivity index (χ3n) is 3.57. The Morgan fingerprint density at radius 1 is 1.05 bits per heavy atom. The van der Waals surface area contributed by atoms with Crippen molar-refractivity contribution in [1.82, 2.24) is 9.91 Å². The molecule has 0 atom stereocenters. The smallest absolute Gasteiger partial charge is 0.161 e. The van der Waals surface area contributed by atoms with Gasteiger partial charge in [0.25, 0.3) is 0 Å². The summed E-state index contributed by atoms with van der Waals surface area (Å²) in [7, 11) is 5.43. The van der Waals surface area contributed by atoms with E-state index in [0.717, 1.165) is 49.0 Å². The monoisotopic (exact) mass is 277 g/mol. The number of nitrogens with zero attached hydrogens (tertiary/aromatic N) is 3. The second-order valence-corrected chi connectivity index (χ2v) is 5.01. The number of hydrazone groups is 1. The standard InChI is InChI=1S/C15H23N3O2/c1-12(16-18-9-7-17(2)8-10-18)13-5-6-14(19-3)15(11-13)20-4/h5-6,11H,7-10H2,1-4H3/b16-12+. The molecule has 5 nitrogen and oxygen atoms in total. The molecule has 0 amide bonds. The molecule has 0 bridgehead atoms. The van der Waals surface area contributed by atoms with Crippen LogP contribution in [0, 0.1) is 0 Å². The molecule has 20 heavy (non-hydrogen) atoms. The second kappa shape index (κ2) is 6.61. The fraction of sp³-hybridized carbons (Fsp3) is 0.533. The zero-order chi connectivity index (χ0) is 14.5. The van der Waals surface area contributed by atoms with Crippen molar-refractivity contribution < 1.29 is 9.47 Å². The summed E-state index contributed by atoms with van der Waals surface area (Å²) in [6, 6.07) is 5.89. The molecule has 1 fully saturated rings. The number of likely N-dealkylation sites (N-methyl/N-ethyl adjacent to an activating group) is 1. The molecule has 0 saturated carbocycles. The number of rotatable bonds is 4. The van der Waals surface area contributed by atoms with Gasteiger partial charge in [-0.2, -0.15) is 5.10 Å². The van der Waals surface area contributed by atoms with E-state index < -0.39 is 0 Å². The van der Waals surface area contributed by atoms with Gasteiger partial charge < -0.3 is 14.4 Å². The van der Waals surface area contributed by atoms with Crippen LogP contribution in [0.1, 0.15) is 12.5 Å². The fourth-order valence-electron chi connectivity index (χ4n) is 2.23. The van der Waals surface area contributed by atoms with E-state index in [1.54, 1.807) is 14.2 Å². The van der Waals surface area contributed by atoms with Gasteiger partial charge in [0.05, 0.1) is 19.9 Å². The molecule has 1 aromatic carbocycles. The predicted molar refractivity (Wildman–Crippen MR) is 80.8 cm³/mol. The largest absolute Gasteiger partial charge is 0.493 e. The van der Waals surface area contributed by atoms with E-state index in [2.05, 4.69) is 17.0 Å². The first-order chi connectivity index (χ1) is 9.63. The summed E-state index contributed by atoms with van der Waals surface area (Å²) in [4.78, 5) is 2.32. The van der Waals surface area contributed by atoms with Crippen LogP contribution < -0.4 is 9.47 Å². The number of hydrogen-bond acceptors (Lipinski definition) is 5. The molecule has 0 spiro atoms. The summed E-state index contributed by atoms with van der Waals surface area (Å²) >= 11 is 0. The summed E-state index contributed by atoms with van der Waals surface area (Å²) in [5.74, 6) is 1.47. The summed E-state index contributed by atoms with van der Waals surface area (Å²) in [6.07, 6.45) is 0.